The first kappa shape index (κ1) is 13.9. The van der Waals surface area contributed by atoms with Gasteiger partial charge in [0, 0.05) is 18.7 Å². The van der Waals surface area contributed by atoms with E-state index >= 15 is 0 Å². The van der Waals surface area contributed by atoms with Crippen LogP contribution in [0.2, 0.25) is 0 Å². The third kappa shape index (κ3) is 3.35. The highest BCUT2D eigenvalue weighted by Gasteiger charge is 2.09. The quantitative estimate of drug-likeness (QED) is 0.780. The molecule has 1 aromatic carbocycles. The van der Waals surface area contributed by atoms with Gasteiger partial charge < -0.3 is 19.0 Å². The molecule has 1 N–H and O–H groups in total. The molecule has 0 bridgehead atoms. The first-order valence-corrected chi connectivity index (χ1v) is 6.70. The maximum atomic E-state index is 10.9. The number of hydrogen-bond acceptors (Lipinski definition) is 5. The number of carbonyl (C=O) groups is 1. The van der Waals surface area contributed by atoms with Gasteiger partial charge >= 0.3 is 0 Å². The van der Waals surface area contributed by atoms with Crippen molar-refractivity contribution in [2.24, 2.45) is 0 Å². The Bertz CT molecular complexity index is 745. The van der Waals surface area contributed by atoms with Crippen LogP contribution in [0.5, 0.6) is 5.75 Å². The van der Waals surface area contributed by atoms with E-state index in [0.717, 1.165) is 5.69 Å². The summed E-state index contributed by atoms with van der Waals surface area (Å²) in [7, 11) is 0. The molecule has 0 saturated carbocycles. The van der Waals surface area contributed by atoms with Crippen molar-refractivity contribution in [3.8, 4) is 17.3 Å². The Morgan fingerprint density at radius 3 is 2.73 bits per heavy atom. The summed E-state index contributed by atoms with van der Waals surface area (Å²) in [5, 5.41) is 6.62. The molecule has 6 heteroatoms. The van der Waals surface area contributed by atoms with Gasteiger partial charge in [0.2, 0.25) is 11.7 Å². The third-order valence-corrected chi connectivity index (χ3v) is 2.88. The van der Waals surface area contributed by atoms with Gasteiger partial charge in [-0.2, -0.15) is 0 Å². The summed E-state index contributed by atoms with van der Waals surface area (Å²) in [4.78, 5) is 10.9. The molecule has 0 saturated heterocycles. The van der Waals surface area contributed by atoms with Gasteiger partial charge in [-0.25, -0.2) is 0 Å². The van der Waals surface area contributed by atoms with E-state index in [1.165, 1.54) is 6.92 Å². The van der Waals surface area contributed by atoms with Gasteiger partial charge in [-0.1, -0.05) is 5.16 Å². The zero-order valence-corrected chi connectivity index (χ0v) is 11.9. The average Bonchev–Trinajstić information content (AvgIpc) is 3.17. The van der Waals surface area contributed by atoms with Crippen LogP contribution < -0.4 is 10.1 Å². The van der Waals surface area contributed by atoms with Crippen molar-refractivity contribution in [2.75, 3.05) is 5.32 Å². The van der Waals surface area contributed by atoms with Gasteiger partial charge in [0.05, 0.1) is 6.26 Å². The second kappa shape index (κ2) is 6.17. The standard InChI is InChI=1S/C16H14N2O4/c1-11(19)17-12-4-6-14(7-5-12)21-10-13-9-16(22-18-13)15-3-2-8-20-15/h2-9H,10H2,1H3,(H,17,19). The Kier molecular flexibility index (Phi) is 3.91. The molecule has 22 heavy (non-hydrogen) atoms. The van der Waals surface area contributed by atoms with Crippen LogP contribution in [-0.2, 0) is 11.4 Å². The van der Waals surface area contributed by atoms with E-state index in [1.54, 1.807) is 48.7 Å². The smallest absolute Gasteiger partial charge is 0.221 e. The number of nitrogens with zero attached hydrogens (tertiary/aromatic N) is 1. The van der Waals surface area contributed by atoms with E-state index < -0.39 is 0 Å². The molecule has 3 aromatic rings. The lowest BCUT2D eigenvalue weighted by molar-refractivity contribution is -0.114. The summed E-state index contributed by atoms with van der Waals surface area (Å²) < 4.78 is 16.0. The molecule has 0 aliphatic rings. The zero-order chi connectivity index (χ0) is 15.4. The number of amides is 1. The maximum Gasteiger partial charge on any atom is 0.221 e. The van der Waals surface area contributed by atoms with Crippen molar-refractivity contribution >= 4 is 11.6 Å². The highest BCUT2D eigenvalue weighted by Crippen LogP contribution is 2.22. The Hall–Kier alpha value is -3.02. The molecule has 0 aliphatic carbocycles. The van der Waals surface area contributed by atoms with Gasteiger partial charge in [0.25, 0.3) is 0 Å². The average molecular weight is 298 g/mol. The van der Waals surface area contributed by atoms with E-state index in [4.69, 9.17) is 13.7 Å². The van der Waals surface area contributed by atoms with Gasteiger partial charge in [-0.15, -0.1) is 0 Å². The van der Waals surface area contributed by atoms with Crippen LogP contribution in [0.15, 0.2) is 57.7 Å². The fourth-order valence-corrected chi connectivity index (χ4v) is 1.91. The fraction of sp³-hybridized carbons (Fsp3) is 0.125. The Morgan fingerprint density at radius 1 is 1.23 bits per heavy atom. The van der Waals surface area contributed by atoms with E-state index in [9.17, 15) is 4.79 Å². The van der Waals surface area contributed by atoms with E-state index in [0.29, 0.717) is 23.0 Å². The fourth-order valence-electron chi connectivity index (χ4n) is 1.91. The van der Waals surface area contributed by atoms with Crippen LogP contribution >= 0.6 is 0 Å². The number of hydrogen-bond donors (Lipinski definition) is 1. The highest BCUT2D eigenvalue weighted by atomic mass is 16.5. The van der Waals surface area contributed by atoms with Crippen LogP contribution in [-0.4, -0.2) is 11.1 Å². The molecule has 1 amide bonds. The zero-order valence-electron chi connectivity index (χ0n) is 11.9. The van der Waals surface area contributed by atoms with Crippen LogP contribution in [0.1, 0.15) is 12.6 Å². The van der Waals surface area contributed by atoms with Crippen molar-refractivity contribution in [3.05, 3.63) is 54.4 Å². The number of ether oxygens (including phenoxy) is 1. The molecule has 6 nitrogen and oxygen atoms in total. The van der Waals surface area contributed by atoms with Crippen LogP contribution in [0.25, 0.3) is 11.5 Å². The first-order valence-electron chi connectivity index (χ1n) is 6.70. The van der Waals surface area contributed by atoms with Crippen molar-refractivity contribution in [2.45, 2.75) is 13.5 Å². The maximum absolute atomic E-state index is 10.9. The summed E-state index contributed by atoms with van der Waals surface area (Å²) in [5.74, 6) is 1.75. The Morgan fingerprint density at radius 2 is 2.05 bits per heavy atom. The number of carbonyl (C=O) groups excluding carboxylic acids is 1. The monoisotopic (exact) mass is 298 g/mol. The summed E-state index contributed by atoms with van der Waals surface area (Å²) in [6.45, 7) is 1.75. The number of nitrogens with one attached hydrogen (secondary N) is 1. The lowest BCUT2D eigenvalue weighted by atomic mass is 10.3. The van der Waals surface area contributed by atoms with Gasteiger partial charge in [0.15, 0.2) is 5.76 Å². The van der Waals surface area contributed by atoms with Gasteiger partial charge in [-0.05, 0) is 36.4 Å². The number of rotatable bonds is 5. The molecule has 0 spiro atoms. The lowest BCUT2D eigenvalue weighted by Crippen LogP contribution is -2.05. The SMILES string of the molecule is CC(=O)Nc1ccc(OCc2cc(-c3ccco3)on2)cc1. The predicted octanol–water partition coefficient (Wildman–Crippen LogP) is 3.47. The van der Waals surface area contributed by atoms with E-state index in [2.05, 4.69) is 10.5 Å². The summed E-state index contributed by atoms with van der Waals surface area (Å²) >= 11 is 0. The molecule has 3 rings (SSSR count). The lowest BCUT2D eigenvalue weighted by Gasteiger charge is -2.05. The van der Waals surface area contributed by atoms with Crippen LogP contribution in [0.3, 0.4) is 0 Å². The van der Waals surface area contributed by atoms with E-state index in [1.807, 2.05) is 0 Å². The molecule has 0 unspecified atom stereocenters. The summed E-state index contributed by atoms with van der Waals surface area (Å²) in [6.07, 6.45) is 1.57. The van der Waals surface area contributed by atoms with Crippen LogP contribution in [0, 0.1) is 0 Å². The number of aromatic nitrogens is 1. The van der Waals surface area contributed by atoms with Crippen LogP contribution in [0.4, 0.5) is 5.69 Å². The molecule has 2 heterocycles. The number of benzene rings is 1. The largest absolute Gasteiger partial charge is 0.487 e. The minimum atomic E-state index is -0.110. The van der Waals surface area contributed by atoms with Crippen molar-refractivity contribution in [3.63, 3.8) is 0 Å². The predicted molar refractivity (Wildman–Crippen MR) is 79.3 cm³/mol. The second-order valence-electron chi connectivity index (χ2n) is 4.65. The Labute approximate surface area is 126 Å². The minimum Gasteiger partial charge on any atom is -0.487 e. The molecule has 0 aliphatic heterocycles. The molecular formula is C16H14N2O4. The first-order chi connectivity index (χ1) is 10.7. The molecule has 0 atom stereocenters. The third-order valence-electron chi connectivity index (χ3n) is 2.88. The van der Waals surface area contributed by atoms with E-state index in [-0.39, 0.29) is 12.5 Å². The van der Waals surface area contributed by atoms with Crippen molar-refractivity contribution < 1.29 is 18.5 Å². The van der Waals surface area contributed by atoms with Gasteiger partial charge in [0.1, 0.15) is 18.1 Å². The molecular weight excluding hydrogens is 284 g/mol. The van der Waals surface area contributed by atoms with Crippen molar-refractivity contribution in [1.82, 2.24) is 5.16 Å². The number of anilines is 1. The highest BCUT2D eigenvalue weighted by molar-refractivity contribution is 5.88. The summed E-state index contributed by atoms with van der Waals surface area (Å²) in [6, 6.07) is 12.4. The Balaban J connectivity index is 1.59. The van der Waals surface area contributed by atoms with Gasteiger partial charge in [-0.3, -0.25) is 4.79 Å². The molecule has 0 radical (unpaired) electrons. The minimum absolute atomic E-state index is 0.110. The van der Waals surface area contributed by atoms with Crippen molar-refractivity contribution in [1.29, 1.82) is 0 Å². The number of furan rings is 1. The normalized spacial score (nSPS) is 10.4. The topological polar surface area (TPSA) is 77.5 Å². The summed E-state index contributed by atoms with van der Waals surface area (Å²) in [5.41, 5.74) is 1.39. The molecule has 0 fully saturated rings. The molecule has 2 aromatic heterocycles. The second-order valence-corrected chi connectivity index (χ2v) is 4.65. The molecule has 112 valence electrons.